The van der Waals surface area contributed by atoms with E-state index in [4.69, 9.17) is 11.1 Å². The van der Waals surface area contributed by atoms with E-state index in [0.717, 1.165) is 14.4 Å². The van der Waals surface area contributed by atoms with Gasteiger partial charge in [0.05, 0.1) is 6.20 Å². The molecular formula is C11H9BrN4S. The highest BCUT2D eigenvalue weighted by Crippen LogP contribution is 2.30. The number of nitrogens with zero attached hydrogens (tertiary/aromatic N) is 2. The highest BCUT2D eigenvalue weighted by atomic mass is 79.9. The van der Waals surface area contributed by atoms with Crippen LogP contribution in [0.1, 0.15) is 5.56 Å². The van der Waals surface area contributed by atoms with Crippen molar-refractivity contribution < 1.29 is 0 Å². The van der Waals surface area contributed by atoms with Gasteiger partial charge in [0.1, 0.15) is 10.9 Å². The molecule has 6 heteroatoms. The fourth-order valence-corrected chi connectivity index (χ4v) is 2.69. The summed E-state index contributed by atoms with van der Waals surface area (Å²) < 4.78 is 0.939. The zero-order valence-electron chi connectivity index (χ0n) is 8.72. The van der Waals surface area contributed by atoms with E-state index in [1.54, 1.807) is 18.6 Å². The van der Waals surface area contributed by atoms with Crippen LogP contribution in [-0.4, -0.2) is 15.8 Å². The molecule has 0 bridgehead atoms. The molecule has 0 aliphatic rings. The molecule has 17 heavy (non-hydrogen) atoms. The molecule has 4 nitrogen and oxygen atoms in total. The summed E-state index contributed by atoms with van der Waals surface area (Å²) in [5, 5.41) is 8.30. The molecule has 0 fully saturated rings. The second-order valence-electron chi connectivity index (χ2n) is 3.20. The van der Waals surface area contributed by atoms with Gasteiger partial charge in [-0.2, -0.15) is 0 Å². The summed E-state index contributed by atoms with van der Waals surface area (Å²) in [6, 6.07) is 5.58. The van der Waals surface area contributed by atoms with Gasteiger partial charge in [-0.15, -0.1) is 0 Å². The van der Waals surface area contributed by atoms with E-state index < -0.39 is 0 Å². The Bertz CT molecular complexity index is 544. The first-order chi connectivity index (χ1) is 8.16. The average molecular weight is 309 g/mol. The fraction of sp³-hybridized carbons (Fsp3) is 0. The maximum absolute atomic E-state index is 7.53. The lowest BCUT2D eigenvalue weighted by Crippen LogP contribution is -2.12. The van der Waals surface area contributed by atoms with Crippen molar-refractivity contribution in [1.82, 2.24) is 9.97 Å². The molecule has 1 aromatic heterocycles. The van der Waals surface area contributed by atoms with Crippen molar-refractivity contribution in [2.24, 2.45) is 5.73 Å². The van der Waals surface area contributed by atoms with Crippen LogP contribution in [0, 0.1) is 5.41 Å². The third-order valence-electron chi connectivity index (χ3n) is 1.99. The number of amidine groups is 1. The van der Waals surface area contributed by atoms with Gasteiger partial charge in [0.15, 0.2) is 0 Å². The molecule has 0 aliphatic heterocycles. The van der Waals surface area contributed by atoms with Gasteiger partial charge >= 0.3 is 0 Å². The SMILES string of the molecule is N=C(N)c1ccc(Br)cc1Sc1cnccn1. The Balaban J connectivity index is 2.37. The number of hydrogen-bond acceptors (Lipinski definition) is 4. The van der Waals surface area contributed by atoms with Crippen LogP contribution in [0.5, 0.6) is 0 Å². The largest absolute Gasteiger partial charge is 0.384 e. The number of nitrogens with one attached hydrogen (secondary N) is 1. The van der Waals surface area contributed by atoms with Crippen molar-refractivity contribution in [3.63, 3.8) is 0 Å². The molecule has 0 spiro atoms. The number of hydrogen-bond donors (Lipinski definition) is 2. The lowest BCUT2D eigenvalue weighted by Gasteiger charge is -2.07. The summed E-state index contributed by atoms with van der Waals surface area (Å²) in [5.41, 5.74) is 6.23. The molecule has 0 saturated heterocycles. The van der Waals surface area contributed by atoms with Crippen molar-refractivity contribution in [3.05, 3.63) is 46.8 Å². The van der Waals surface area contributed by atoms with Crippen LogP contribution in [0.4, 0.5) is 0 Å². The summed E-state index contributed by atoms with van der Waals surface area (Å²) in [4.78, 5) is 9.06. The summed E-state index contributed by atoms with van der Waals surface area (Å²) in [6.07, 6.45) is 4.93. The predicted octanol–water partition coefficient (Wildman–Crippen LogP) is 2.67. The van der Waals surface area contributed by atoms with E-state index in [1.807, 2.05) is 18.2 Å². The van der Waals surface area contributed by atoms with E-state index in [9.17, 15) is 0 Å². The predicted molar refractivity (Wildman–Crippen MR) is 71.3 cm³/mol. The Morgan fingerprint density at radius 2 is 2.18 bits per heavy atom. The van der Waals surface area contributed by atoms with E-state index in [1.165, 1.54) is 11.8 Å². The van der Waals surface area contributed by atoms with Crippen LogP contribution in [0.15, 0.2) is 51.2 Å². The molecule has 2 rings (SSSR count). The Hall–Kier alpha value is -1.40. The van der Waals surface area contributed by atoms with Gasteiger partial charge in [-0.3, -0.25) is 10.4 Å². The fourth-order valence-electron chi connectivity index (χ4n) is 1.25. The van der Waals surface area contributed by atoms with E-state index in [0.29, 0.717) is 5.56 Å². The molecule has 0 saturated carbocycles. The maximum atomic E-state index is 7.53. The lowest BCUT2D eigenvalue weighted by molar-refractivity contribution is 1.05. The van der Waals surface area contributed by atoms with Crippen LogP contribution >= 0.6 is 27.7 Å². The third kappa shape index (κ3) is 3.04. The minimum absolute atomic E-state index is 0.0453. The first-order valence-corrected chi connectivity index (χ1v) is 6.35. The number of nitrogen functional groups attached to an aromatic ring is 1. The highest BCUT2D eigenvalue weighted by Gasteiger charge is 2.08. The quantitative estimate of drug-likeness (QED) is 0.675. The van der Waals surface area contributed by atoms with Crippen molar-refractivity contribution in [3.8, 4) is 0 Å². The van der Waals surface area contributed by atoms with E-state index in [-0.39, 0.29) is 5.84 Å². The topological polar surface area (TPSA) is 75.7 Å². The summed E-state index contributed by atoms with van der Waals surface area (Å²) in [6.45, 7) is 0. The maximum Gasteiger partial charge on any atom is 0.123 e. The minimum atomic E-state index is 0.0453. The Morgan fingerprint density at radius 3 is 2.82 bits per heavy atom. The number of halogens is 1. The Kier molecular flexibility index (Phi) is 3.75. The van der Waals surface area contributed by atoms with Crippen LogP contribution in [0.2, 0.25) is 0 Å². The Morgan fingerprint density at radius 1 is 1.35 bits per heavy atom. The average Bonchev–Trinajstić information content (AvgIpc) is 2.30. The van der Waals surface area contributed by atoms with Crippen molar-refractivity contribution in [1.29, 1.82) is 5.41 Å². The molecule has 1 aromatic carbocycles. The van der Waals surface area contributed by atoms with Gasteiger partial charge in [0, 0.05) is 27.3 Å². The lowest BCUT2D eigenvalue weighted by atomic mass is 10.2. The zero-order valence-corrected chi connectivity index (χ0v) is 11.1. The molecule has 3 N–H and O–H groups in total. The third-order valence-corrected chi connectivity index (χ3v) is 3.46. The monoisotopic (exact) mass is 308 g/mol. The number of nitrogens with two attached hydrogens (primary N) is 1. The molecule has 86 valence electrons. The second kappa shape index (κ2) is 5.29. The van der Waals surface area contributed by atoms with Crippen molar-refractivity contribution in [2.75, 3.05) is 0 Å². The highest BCUT2D eigenvalue weighted by molar-refractivity contribution is 9.10. The van der Waals surface area contributed by atoms with E-state index in [2.05, 4.69) is 25.9 Å². The van der Waals surface area contributed by atoms with Crippen LogP contribution in [0.25, 0.3) is 0 Å². The first kappa shape index (κ1) is 12.1. The molecule has 0 amide bonds. The van der Waals surface area contributed by atoms with Gasteiger partial charge in [-0.25, -0.2) is 4.98 Å². The summed E-state index contributed by atoms with van der Waals surface area (Å²) in [7, 11) is 0. The smallest absolute Gasteiger partial charge is 0.123 e. The Labute approximate surface area is 111 Å². The first-order valence-electron chi connectivity index (χ1n) is 4.74. The number of aromatic nitrogens is 2. The van der Waals surface area contributed by atoms with Gasteiger partial charge in [-0.05, 0) is 18.2 Å². The molecule has 0 radical (unpaired) electrons. The van der Waals surface area contributed by atoms with Gasteiger partial charge in [0.25, 0.3) is 0 Å². The molecule has 0 atom stereocenters. The summed E-state index contributed by atoms with van der Waals surface area (Å²) >= 11 is 4.83. The second-order valence-corrected chi connectivity index (χ2v) is 5.18. The van der Waals surface area contributed by atoms with Gasteiger partial charge in [-0.1, -0.05) is 27.7 Å². The molecular weight excluding hydrogens is 300 g/mol. The zero-order chi connectivity index (χ0) is 12.3. The number of rotatable bonds is 3. The van der Waals surface area contributed by atoms with Crippen LogP contribution < -0.4 is 5.73 Å². The standard InChI is InChI=1S/C11H9BrN4S/c12-7-1-2-8(11(13)14)9(5-7)17-10-6-15-3-4-16-10/h1-6H,(H3,13,14). The van der Waals surface area contributed by atoms with Crippen molar-refractivity contribution in [2.45, 2.75) is 9.92 Å². The minimum Gasteiger partial charge on any atom is -0.384 e. The molecule has 0 aliphatic carbocycles. The summed E-state index contributed by atoms with van der Waals surface area (Å²) in [5.74, 6) is 0.0453. The van der Waals surface area contributed by atoms with Crippen LogP contribution in [0.3, 0.4) is 0 Å². The molecule has 1 heterocycles. The van der Waals surface area contributed by atoms with E-state index >= 15 is 0 Å². The van der Waals surface area contributed by atoms with Gasteiger partial charge in [0.2, 0.25) is 0 Å². The van der Waals surface area contributed by atoms with Crippen molar-refractivity contribution >= 4 is 33.5 Å². The molecule has 2 aromatic rings. The normalized spacial score (nSPS) is 10.2. The number of benzene rings is 1. The molecule has 0 unspecified atom stereocenters. The van der Waals surface area contributed by atoms with Gasteiger partial charge < -0.3 is 5.73 Å². The van der Waals surface area contributed by atoms with Crippen LogP contribution in [-0.2, 0) is 0 Å².